The zero-order chi connectivity index (χ0) is 18.2. The molecule has 0 unspecified atom stereocenters. The van der Waals surface area contributed by atoms with Crippen LogP contribution in [0.15, 0.2) is 12.4 Å². The van der Waals surface area contributed by atoms with Gasteiger partial charge in [0.15, 0.2) is 0 Å². The molecule has 0 bridgehead atoms. The molecule has 0 radical (unpaired) electrons. The second-order valence-corrected chi connectivity index (χ2v) is 8.86. The molecular formula is C17H25N5O2S. The predicted molar refractivity (Wildman–Crippen MR) is 96.6 cm³/mol. The van der Waals surface area contributed by atoms with E-state index >= 15 is 0 Å². The summed E-state index contributed by atoms with van der Waals surface area (Å²) in [7, 11) is -1.15. The van der Waals surface area contributed by atoms with Gasteiger partial charge in [-0.2, -0.15) is 5.10 Å². The van der Waals surface area contributed by atoms with E-state index in [1.54, 1.807) is 10.5 Å². The minimum Gasteiger partial charge on any atom is -0.272 e. The Bertz CT molecular complexity index is 867. The zero-order valence-electron chi connectivity index (χ0n) is 15.2. The van der Waals surface area contributed by atoms with Gasteiger partial charge in [0.05, 0.1) is 29.5 Å². The average molecular weight is 363 g/mol. The standard InChI is InChI=1S/C17H25N5O2S/c1-12-17(13(2)21(3)20-12)16-11-18-10-15(19-16)9-14-5-7-22(8-6-14)25(4,23)24/h10-11,14H,5-9H2,1-4H3. The number of aromatic nitrogens is 4. The molecule has 7 nitrogen and oxygen atoms in total. The van der Waals surface area contributed by atoms with E-state index in [-0.39, 0.29) is 0 Å². The molecule has 2 aromatic rings. The van der Waals surface area contributed by atoms with E-state index in [4.69, 9.17) is 4.98 Å². The van der Waals surface area contributed by atoms with Gasteiger partial charge in [0.1, 0.15) is 0 Å². The van der Waals surface area contributed by atoms with Crippen LogP contribution < -0.4 is 0 Å². The maximum Gasteiger partial charge on any atom is 0.211 e. The first-order chi connectivity index (χ1) is 11.8. The fourth-order valence-corrected chi connectivity index (χ4v) is 4.38. The van der Waals surface area contributed by atoms with Gasteiger partial charge in [-0.3, -0.25) is 9.67 Å². The molecule has 0 aromatic carbocycles. The maximum absolute atomic E-state index is 11.6. The molecule has 1 aliphatic heterocycles. The first-order valence-electron chi connectivity index (χ1n) is 8.52. The summed E-state index contributed by atoms with van der Waals surface area (Å²) in [6.07, 6.45) is 7.44. The van der Waals surface area contributed by atoms with Gasteiger partial charge in [-0.25, -0.2) is 17.7 Å². The smallest absolute Gasteiger partial charge is 0.211 e. The van der Waals surface area contributed by atoms with E-state index in [1.807, 2.05) is 31.8 Å². The Labute approximate surface area is 149 Å². The highest BCUT2D eigenvalue weighted by Crippen LogP contribution is 2.26. The van der Waals surface area contributed by atoms with Crippen molar-refractivity contribution in [1.29, 1.82) is 0 Å². The predicted octanol–water partition coefficient (Wildman–Crippen LogP) is 1.71. The van der Waals surface area contributed by atoms with Gasteiger partial charge in [0.25, 0.3) is 0 Å². The number of rotatable bonds is 4. The summed E-state index contributed by atoms with van der Waals surface area (Å²) in [5.41, 5.74) is 4.88. The molecule has 2 aromatic heterocycles. The Hall–Kier alpha value is -1.80. The van der Waals surface area contributed by atoms with Crippen LogP contribution >= 0.6 is 0 Å². The molecular weight excluding hydrogens is 338 g/mol. The molecule has 3 heterocycles. The Morgan fingerprint density at radius 1 is 1.20 bits per heavy atom. The van der Waals surface area contributed by atoms with E-state index in [0.717, 1.165) is 47.6 Å². The maximum atomic E-state index is 11.6. The van der Waals surface area contributed by atoms with Crippen LogP contribution in [0.1, 0.15) is 29.9 Å². The van der Waals surface area contributed by atoms with Gasteiger partial charge in [-0.15, -0.1) is 0 Å². The molecule has 1 fully saturated rings. The minimum atomic E-state index is -3.08. The number of piperidine rings is 1. The lowest BCUT2D eigenvalue weighted by Gasteiger charge is -2.30. The molecule has 1 aliphatic rings. The summed E-state index contributed by atoms with van der Waals surface area (Å²) in [4.78, 5) is 9.16. The molecule has 0 amide bonds. The molecule has 0 spiro atoms. The highest BCUT2D eigenvalue weighted by Gasteiger charge is 2.25. The second-order valence-electron chi connectivity index (χ2n) is 6.87. The van der Waals surface area contributed by atoms with Crippen molar-refractivity contribution in [3.05, 3.63) is 29.5 Å². The van der Waals surface area contributed by atoms with Crippen LogP contribution in [0.4, 0.5) is 0 Å². The van der Waals surface area contributed by atoms with Crippen LogP contribution in [0.2, 0.25) is 0 Å². The lowest BCUT2D eigenvalue weighted by Crippen LogP contribution is -2.38. The number of hydrogen-bond acceptors (Lipinski definition) is 5. The number of nitrogens with zero attached hydrogens (tertiary/aromatic N) is 5. The molecule has 1 saturated heterocycles. The lowest BCUT2D eigenvalue weighted by molar-refractivity contribution is 0.273. The fraction of sp³-hybridized carbons (Fsp3) is 0.588. The van der Waals surface area contributed by atoms with Gasteiger partial charge in [0.2, 0.25) is 10.0 Å². The van der Waals surface area contributed by atoms with E-state index < -0.39 is 10.0 Å². The fourth-order valence-electron chi connectivity index (χ4n) is 3.51. The van der Waals surface area contributed by atoms with Gasteiger partial charge >= 0.3 is 0 Å². The Morgan fingerprint density at radius 2 is 1.88 bits per heavy atom. The third kappa shape index (κ3) is 3.90. The third-order valence-electron chi connectivity index (χ3n) is 4.99. The van der Waals surface area contributed by atoms with Gasteiger partial charge in [-0.1, -0.05) is 0 Å². The van der Waals surface area contributed by atoms with Gasteiger partial charge < -0.3 is 0 Å². The topological polar surface area (TPSA) is 81.0 Å². The number of hydrogen-bond donors (Lipinski definition) is 0. The first-order valence-corrected chi connectivity index (χ1v) is 10.4. The van der Waals surface area contributed by atoms with Gasteiger partial charge in [0, 0.05) is 37.6 Å². The summed E-state index contributed by atoms with van der Waals surface area (Å²) in [5, 5.41) is 4.45. The van der Waals surface area contributed by atoms with Crippen molar-refractivity contribution in [1.82, 2.24) is 24.1 Å². The summed E-state index contributed by atoms with van der Waals surface area (Å²) in [6.45, 7) is 5.21. The highest BCUT2D eigenvalue weighted by atomic mass is 32.2. The molecule has 0 aliphatic carbocycles. The quantitative estimate of drug-likeness (QED) is 0.826. The largest absolute Gasteiger partial charge is 0.272 e. The number of aryl methyl sites for hydroxylation is 2. The summed E-state index contributed by atoms with van der Waals surface area (Å²) < 4.78 is 26.7. The van der Waals surface area contributed by atoms with Gasteiger partial charge in [-0.05, 0) is 39.0 Å². The summed E-state index contributed by atoms with van der Waals surface area (Å²) in [6, 6.07) is 0. The first kappa shape index (κ1) is 18.0. The molecule has 0 N–H and O–H groups in total. The number of sulfonamides is 1. The van der Waals surface area contributed by atoms with Crippen molar-refractivity contribution < 1.29 is 8.42 Å². The summed E-state index contributed by atoms with van der Waals surface area (Å²) in [5.74, 6) is 0.443. The highest BCUT2D eigenvalue weighted by molar-refractivity contribution is 7.88. The van der Waals surface area contributed by atoms with E-state index in [1.165, 1.54) is 6.26 Å². The monoisotopic (exact) mass is 363 g/mol. The third-order valence-corrected chi connectivity index (χ3v) is 6.29. The van der Waals surface area contributed by atoms with Crippen LogP contribution in [0, 0.1) is 19.8 Å². The van der Waals surface area contributed by atoms with Crippen LogP contribution in [0.5, 0.6) is 0 Å². The van der Waals surface area contributed by atoms with Crippen molar-refractivity contribution in [3.8, 4) is 11.3 Å². The van der Waals surface area contributed by atoms with E-state index in [0.29, 0.717) is 19.0 Å². The molecule has 3 rings (SSSR count). The Morgan fingerprint density at radius 3 is 2.44 bits per heavy atom. The van der Waals surface area contributed by atoms with Crippen LogP contribution in [-0.4, -0.2) is 51.8 Å². The average Bonchev–Trinajstić information content (AvgIpc) is 2.80. The minimum absolute atomic E-state index is 0.443. The van der Waals surface area contributed by atoms with Crippen LogP contribution in [-0.2, 0) is 23.5 Å². The molecule has 0 atom stereocenters. The SMILES string of the molecule is Cc1nn(C)c(C)c1-c1cncc(CC2CCN(S(C)(=O)=O)CC2)n1. The van der Waals surface area contributed by atoms with E-state index in [9.17, 15) is 8.42 Å². The van der Waals surface area contributed by atoms with Crippen molar-refractivity contribution in [2.75, 3.05) is 19.3 Å². The zero-order valence-corrected chi connectivity index (χ0v) is 16.0. The van der Waals surface area contributed by atoms with E-state index in [2.05, 4.69) is 10.1 Å². The molecule has 0 saturated carbocycles. The molecule has 25 heavy (non-hydrogen) atoms. The Kier molecular flexibility index (Phi) is 4.92. The van der Waals surface area contributed by atoms with Crippen molar-refractivity contribution in [2.45, 2.75) is 33.1 Å². The summed E-state index contributed by atoms with van der Waals surface area (Å²) >= 11 is 0. The second kappa shape index (κ2) is 6.84. The normalized spacial score (nSPS) is 17.1. The molecule has 8 heteroatoms. The Balaban J connectivity index is 1.73. The van der Waals surface area contributed by atoms with Crippen molar-refractivity contribution >= 4 is 10.0 Å². The lowest BCUT2D eigenvalue weighted by atomic mass is 9.93. The van der Waals surface area contributed by atoms with Crippen LogP contribution in [0.25, 0.3) is 11.3 Å². The van der Waals surface area contributed by atoms with Crippen LogP contribution in [0.3, 0.4) is 0 Å². The van der Waals surface area contributed by atoms with Crippen molar-refractivity contribution in [3.63, 3.8) is 0 Å². The van der Waals surface area contributed by atoms with Crippen molar-refractivity contribution in [2.24, 2.45) is 13.0 Å². The molecule has 136 valence electrons.